The normalized spacial score (nSPS) is 13.4. The van der Waals surface area contributed by atoms with Crippen LogP contribution in [0, 0.1) is 0 Å². The molecule has 0 aromatic heterocycles. The van der Waals surface area contributed by atoms with Crippen molar-refractivity contribution in [1.29, 1.82) is 0 Å². The number of nitrogens with one attached hydrogen (secondary N) is 1. The van der Waals surface area contributed by atoms with Crippen molar-refractivity contribution < 1.29 is 14.3 Å². The molecule has 110 valence electrons. The summed E-state index contributed by atoms with van der Waals surface area (Å²) in [5, 5.41) is 2.76. The van der Waals surface area contributed by atoms with Crippen molar-refractivity contribution in [3.8, 4) is 0 Å². The minimum absolute atomic E-state index is 0.0770. The van der Waals surface area contributed by atoms with Crippen LogP contribution in [0.15, 0.2) is 29.2 Å². The van der Waals surface area contributed by atoms with Gasteiger partial charge in [0.05, 0.1) is 25.6 Å². The number of ether oxygens (including phenoxy) is 1. The van der Waals surface area contributed by atoms with Crippen LogP contribution in [0.5, 0.6) is 0 Å². The Kier molecular flexibility index (Phi) is 6.54. The third-order valence-corrected chi connectivity index (χ3v) is 3.59. The van der Waals surface area contributed by atoms with E-state index < -0.39 is 12.1 Å². The van der Waals surface area contributed by atoms with Crippen molar-refractivity contribution >= 4 is 23.6 Å². The molecule has 0 saturated carbocycles. The largest absolute Gasteiger partial charge is 0.469 e. The molecule has 1 unspecified atom stereocenters. The third kappa shape index (κ3) is 4.86. The predicted molar refractivity (Wildman–Crippen MR) is 79.4 cm³/mol. The van der Waals surface area contributed by atoms with Crippen molar-refractivity contribution in [3.05, 3.63) is 29.8 Å². The number of hydrogen-bond donors (Lipinski definition) is 2. The summed E-state index contributed by atoms with van der Waals surface area (Å²) in [4.78, 5) is 24.3. The Hall–Kier alpha value is -1.53. The van der Waals surface area contributed by atoms with Crippen molar-refractivity contribution in [2.24, 2.45) is 5.73 Å². The summed E-state index contributed by atoms with van der Waals surface area (Å²) in [6.45, 7) is 1.60. The zero-order valence-electron chi connectivity index (χ0n) is 11.9. The summed E-state index contributed by atoms with van der Waals surface area (Å²) in [6, 6.07) is 6.62. The number of methoxy groups -OCH3 is 1. The van der Waals surface area contributed by atoms with E-state index in [2.05, 4.69) is 10.1 Å². The standard InChI is InChI=1S/C14H20N2O3S/c1-9(15)14(18)16-12(8-13(17)19-2)10-4-6-11(20-3)7-5-10/h4-7,9,12H,8,15H2,1-3H3,(H,16,18)/t9-,12?/m1/s1. The van der Waals surface area contributed by atoms with Crippen LogP contribution in [0.3, 0.4) is 0 Å². The lowest BCUT2D eigenvalue weighted by atomic mass is 10.0. The first-order chi connectivity index (χ1) is 9.47. The van der Waals surface area contributed by atoms with E-state index in [0.29, 0.717) is 0 Å². The van der Waals surface area contributed by atoms with E-state index in [1.807, 2.05) is 30.5 Å². The molecule has 1 aromatic carbocycles. The zero-order valence-corrected chi connectivity index (χ0v) is 12.7. The highest BCUT2D eigenvalue weighted by Gasteiger charge is 2.20. The van der Waals surface area contributed by atoms with Gasteiger partial charge >= 0.3 is 5.97 Å². The van der Waals surface area contributed by atoms with Crippen molar-refractivity contribution in [3.63, 3.8) is 0 Å². The Morgan fingerprint density at radius 2 is 1.95 bits per heavy atom. The second-order valence-corrected chi connectivity index (χ2v) is 5.28. The van der Waals surface area contributed by atoms with Crippen LogP contribution >= 0.6 is 11.8 Å². The molecule has 20 heavy (non-hydrogen) atoms. The second kappa shape index (κ2) is 7.91. The summed E-state index contributed by atoms with van der Waals surface area (Å²) < 4.78 is 4.66. The maximum Gasteiger partial charge on any atom is 0.307 e. The van der Waals surface area contributed by atoms with Gasteiger partial charge in [0.25, 0.3) is 0 Å². The monoisotopic (exact) mass is 296 g/mol. The van der Waals surface area contributed by atoms with E-state index in [-0.39, 0.29) is 18.3 Å². The van der Waals surface area contributed by atoms with E-state index in [1.54, 1.807) is 18.7 Å². The summed E-state index contributed by atoms with van der Waals surface area (Å²) in [5.41, 5.74) is 6.39. The van der Waals surface area contributed by atoms with Gasteiger partial charge in [-0.15, -0.1) is 11.8 Å². The number of amides is 1. The van der Waals surface area contributed by atoms with Crippen molar-refractivity contribution in [2.75, 3.05) is 13.4 Å². The smallest absolute Gasteiger partial charge is 0.307 e. The minimum atomic E-state index is -0.624. The van der Waals surface area contributed by atoms with Crippen molar-refractivity contribution in [2.45, 2.75) is 30.3 Å². The molecule has 0 fully saturated rings. The number of thioether (sulfide) groups is 1. The van der Waals surface area contributed by atoms with Gasteiger partial charge in [0.15, 0.2) is 0 Å². The van der Waals surface area contributed by atoms with Crippen molar-refractivity contribution in [1.82, 2.24) is 5.32 Å². The molecular weight excluding hydrogens is 276 g/mol. The predicted octanol–water partition coefficient (Wildman–Crippen LogP) is 1.48. The van der Waals surface area contributed by atoms with Gasteiger partial charge in [-0.3, -0.25) is 9.59 Å². The molecule has 6 heteroatoms. The minimum Gasteiger partial charge on any atom is -0.469 e. The highest BCUT2D eigenvalue weighted by atomic mass is 32.2. The summed E-state index contributed by atoms with van der Waals surface area (Å²) in [7, 11) is 1.32. The van der Waals surface area contributed by atoms with E-state index in [4.69, 9.17) is 5.73 Å². The lowest BCUT2D eigenvalue weighted by molar-refractivity contribution is -0.141. The molecule has 0 bridgehead atoms. The topological polar surface area (TPSA) is 81.4 Å². The zero-order chi connectivity index (χ0) is 15.1. The highest BCUT2D eigenvalue weighted by Crippen LogP contribution is 2.21. The molecule has 0 aliphatic carbocycles. The van der Waals surface area contributed by atoms with Gasteiger partial charge in [-0.1, -0.05) is 12.1 Å². The Morgan fingerprint density at radius 3 is 2.40 bits per heavy atom. The third-order valence-electron chi connectivity index (χ3n) is 2.85. The number of rotatable bonds is 6. The van der Waals surface area contributed by atoms with Gasteiger partial charge in [-0.25, -0.2) is 0 Å². The molecule has 5 nitrogen and oxygen atoms in total. The molecule has 0 heterocycles. The molecule has 0 spiro atoms. The summed E-state index contributed by atoms with van der Waals surface area (Å²) in [5.74, 6) is -0.679. The lowest BCUT2D eigenvalue weighted by Gasteiger charge is -2.19. The maximum atomic E-state index is 11.7. The average Bonchev–Trinajstić information content (AvgIpc) is 2.46. The Morgan fingerprint density at radius 1 is 1.35 bits per heavy atom. The Labute approximate surface area is 123 Å². The van der Waals surface area contributed by atoms with Crippen LogP contribution in [-0.4, -0.2) is 31.3 Å². The SMILES string of the molecule is COC(=O)CC(NC(=O)[C@@H](C)N)c1ccc(SC)cc1. The molecule has 0 aliphatic heterocycles. The van der Waals surface area contributed by atoms with Crippen LogP contribution in [0.25, 0.3) is 0 Å². The molecule has 3 N–H and O–H groups in total. The quantitative estimate of drug-likeness (QED) is 0.614. The number of nitrogens with two attached hydrogens (primary N) is 1. The van der Waals surface area contributed by atoms with Crippen LogP contribution < -0.4 is 11.1 Å². The number of esters is 1. The Bertz CT molecular complexity index is 460. The molecule has 1 amide bonds. The molecule has 0 saturated heterocycles. The Balaban J connectivity index is 2.89. The van der Waals surface area contributed by atoms with Crippen LogP contribution in [-0.2, 0) is 14.3 Å². The molecule has 1 aromatic rings. The van der Waals surface area contributed by atoms with Gasteiger partial charge in [-0.2, -0.15) is 0 Å². The maximum absolute atomic E-state index is 11.7. The van der Waals surface area contributed by atoms with Crippen LogP contribution in [0.1, 0.15) is 24.9 Å². The summed E-state index contributed by atoms with van der Waals surface area (Å²) in [6.07, 6.45) is 2.06. The van der Waals surface area contributed by atoms with E-state index in [9.17, 15) is 9.59 Å². The van der Waals surface area contributed by atoms with E-state index >= 15 is 0 Å². The highest BCUT2D eigenvalue weighted by molar-refractivity contribution is 7.98. The molecule has 1 rings (SSSR count). The first-order valence-corrected chi connectivity index (χ1v) is 7.47. The lowest BCUT2D eigenvalue weighted by Crippen LogP contribution is -2.41. The fourth-order valence-electron chi connectivity index (χ4n) is 1.64. The number of carbonyl (C=O) groups is 2. The van der Waals surface area contributed by atoms with Gasteiger partial charge in [0.2, 0.25) is 5.91 Å². The van der Waals surface area contributed by atoms with Crippen LogP contribution in [0.4, 0.5) is 0 Å². The first-order valence-electron chi connectivity index (χ1n) is 6.24. The molecule has 0 radical (unpaired) electrons. The summed E-state index contributed by atoms with van der Waals surface area (Å²) >= 11 is 1.63. The van der Waals surface area contributed by atoms with E-state index in [1.165, 1.54) is 7.11 Å². The number of hydrogen-bond acceptors (Lipinski definition) is 5. The number of benzene rings is 1. The van der Waals surface area contributed by atoms with Crippen LogP contribution in [0.2, 0.25) is 0 Å². The van der Waals surface area contributed by atoms with Gasteiger partial charge in [0.1, 0.15) is 0 Å². The number of carbonyl (C=O) groups excluding carboxylic acids is 2. The van der Waals surface area contributed by atoms with Gasteiger partial charge in [0, 0.05) is 4.90 Å². The van der Waals surface area contributed by atoms with Gasteiger partial charge in [-0.05, 0) is 30.9 Å². The van der Waals surface area contributed by atoms with E-state index in [0.717, 1.165) is 10.5 Å². The average molecular weight is 296 g/mol. The molecule has 0 aliphatic rings. The first kappa shape index (κ1) is 16.5. The molecular formula is C14H20N2O3S. The fraction of sp³-hybridized carbons (Fsp3) is 0.429. The second-order valence-electron chi connectivity index (χ2n) is 4.40. The molecule has 2 atom stereocenters. The van der Waals surface area contributed by atoms with Gasteiger partial charge < -0.3 is 15.8 Å². The fourth-order valence-corrected chi connectivity index (χ4v) is 2.05.